The summed E-state index contributed by atoms with van der Waals surface area (Å²) in [5, 5.41) is 11.3. The van der Waals surface area contributed by atoms with Crippen LogP contribution in [0.25, 0.3) is 22.0 Å². The number of nitrogens with two attached hydrogens (primary N) is 2. The van der Waals surface area contributed by atoms with E-state index in [9.17, 15) is 5.26 Å². The molecule has 0 unspecified atom stereocenters. The van der Waals surface area contributed by atoms with Crippen molar-refractivity contribution in [2.75, 3.05) is 26.7 Å². The van der Waals surface area contributed by atoms with E-state index in [1.807, 2.05) is 30.5 Å². The molecule has 7 heteroatoms. The smallest absolute Gasteiger partial charge is 0.122 e. The molecule has 2 aromatic rings. The zero-order valence-corrected chi connectivity index (χ0v) is 21.5. The second-order valence-corrected chi connectivity index (χ2v) is 9.71. The maximum atomic E-state index is 9.31. The van der Waals surface area contributed by atoms with Crippen LogP contribution in [-0.2, 0) is 0 Å². The van der Waals surface area contributed by atoms with E-state index < -0.39 is 0 Å². The summed E-state index contributed by atoms with van der Waals surface area (Å²) in [4.78, 5) is 16.4. The number of rotatable bonds is 6. The minimum absolute atomic E-state index is 0.0898. The topological polar surface area (TPSA) is 117 Å². The van der Waals surface area contributed by atoms with Gasteiger partial charge in [0.25, 0.3) is 0 Å². The van der Waals surface area contributed by atoms with Crippen LogP contribution in [0.2, 0.25) is 0 Å². The number of benzene rings is 1. The Morgan fingerprint density at radius 2 is 2.06 bits per heavy atom. The number of aliphatic imine (C=N–C) groups is 2. The molecule has 1 saturated heterocycles. The molecule has 4 N–H and O–H groups in total. The first-order valence-corrected chi connectivity index (χ1v) is 13.0. The minimum Gasteiger partial charge on any atom is -0.398 e. The van der Waals surface area contributed by atoms with E-state index in [4.69, 9.17) is 16.5 Å². The Morgan fingerprint density at radius 3 is 2.78 bits per heavy atom. The summed E-state index contributed by atoms with van der Waals surface area (Å²) in [6, 6.07) is 10.5. The molecule has 2 heterocycles. The van der Waals surface area contributed by atoms with E-state index >= 15 is 0 Å². The third kappa shape index (κ3) is 5.66. The van der Waals surface area contributed by atoms with Gasteiger partial charge in [0.15, 0.2) is 0 Å². The van der Waals surface area contributed by atoms with Crippen LogP contribution in [0.5, 0.6) is 0 Å². The van der Waals surface area contributed by atoms with E-state index in [0.29, 0.717) is 17.3 Å². The second-order valence-electron chi connectivity index (χ2n) is 9.71. The predicted octanol–water partition coefficient (Wildman–Crippen LogP) is 4.69. The Labute approximate surface area is 214 Å². The van der Waals surface area contributed by atoms with Gasteiger partial charge in [-0.05, 0) is 37.3 Å². The number of fused-ring (bicyclic) bond motifs is 1. The summed E-state index contributed by atoms with van der Waals surface area (Å²) < 4.78 is 0. The highest BCUT2D eigenvalue weighted by atomic mass is 15.1. The van der Waals surface area contributed by atoms with Crippen molar-refractivity contribution < 1.29 is 0 Å². The predicted molar refractivity (Wildman–Crippen MR) is 150 cm³/mol. The van der Waals surface area contributed by atoms with Gasteiger partial charge in [0.05, 0.1) is 17.3 Å². The van der Waals surface area contributed by atoms with E-state index in [1.165, 1.54) is 37.8 Å². The molecule has 2 aliphatic rings. The molecular formula is C29H37N7. The summed E-state index contributed by atoms with van der Waals surface area (Å²) in [6.45, 7) is 5.14. The molecule has 0 amide bonds. The zero-order chi connectivity index (χ0) is 25.5. The fourth-order valence-corrected chi connectivity index (χ4v) is 5.31. The number of piperidine rings is 1. The van der Waals surface area contributed by atoms with Gasteiger partial charge in [0, 0.05) is 66.9 Å². The lowest BCUT2D eigenvalue weighted by atomic mass is 9.92. The highest BCUT2D eigenvalue weighted by Crippen LogP contribution is 2.30. The van der Waals surface area contributed by atoms with Crippen LogP contribution in [0.4, 0.5) is 0 Å². The molecule has 2 fully saturated rings. The SMILES string of the molecule is CCCN1CCC(=NC2CCCCC2)C(=C(N)c2cccc3cc(C(C=NC)=C(N)C#N)ncc23)C1. The average molecular weight is 484 g/mol. The Hall–Kier alpha value is -3.50. The minimum atomic E-state index is 0.0898. The fraction of sp³-hybridized carbons (Fsp3) is 0.448. The molecular weight excluding hydrogens is 446 g/mol. The molecule has 1 aliphatic carbocycles. The summed E-state index contributed by atoms with van der Waals surface area (Å²) in [5.74, 6) is 0. The normalized spacial score (nSPS) is 21.1. The van der Waals surface area contributed by atoms with Crippen molar-refractivity contribution in [3.63, 3.8) is 0 Å². The number of nitrogens with zero attached hydrogens (tertiary/aromatic N) is 5. The Morgan fingerprint density at radius 1 is 1.25 bits per heavy atom. The van der Waals surface area contributed by atoms with Crippen molar-refractivity contribution in [3.05, 3.63) is 53.0 Å². The Kier molecular flexibility index (Phi) is 8.50. The summed E-state index contributed by atoms with van der Waals surface area (Å²) in [5.41, 5.74) is 18.2. The van der Waals surface area contributed by atoms with Crippen molar-refractivity contribution in [2.45, 2.75) is 57.9 Å². The molecule has 7 nitrogen and oxygen atoms in total. The maximum absolute atomic E-state index is 9.31. The molecule has 188 valence electrons. The van der Waals surface area contributed by atoms with Crippen LogP contribution in [0.3, 0.4) is 0 Å². The van der Waals surface area contributed by atoms with Gasteiger partial charge in [0.1, 0.15) is 11.8 Å². The molecule has 0 bridgehead atoms. The summed E-state index contributed by atoms with van der Waals surface area (Å²) in [6.07, 6.45) is 11.7. The molecule has 0 atom stereocenters. The molecule has 4 rings (SSSR count). The second kappa shape index (κ2) is 12.0. The summed E-state index contributed by atoms with van der Waals surface area (Å²) >= 11 is 0. The van der Waals surface area contributed by atoms with Crippen LogP contribution in [0, 0.1) is 11.3 Å². The van der Waals surface area contributed by atoms with Gasteiger partial charge in [0.2, 0.25) is 0 Å². The van der Waals surface area contributed by atoms with Gasteiger partial charge in [-0.15, -0.1) is 0 Å². The molecule has 1 aromatic heterocycles. The fourth-order valence-electron chi connectivity index (χ4n) is 5.31. The number of pyridine rings is 1. The van der Waals surface area contributed by atoms with E-state index in [1.54, 1.807) is 13.3 Å². The average Bonchev–Trinajstić information content (AvgIpc) is 2.92. The molecule has 0 radical (unpaired) electrons. The number of hydrogen-bond donors (Lipinski definition) is 2. The lowest BCUT2D eigenvalue weighted by Crippen LogP contribution is -2.38. The van der Waals surface area contributed by atoms with E-state index in [2.05, 4.69) is 27.9 Å². The number of likely N-dealkylation sites (tertiary alicyclic amines) is 1. The monoisotopic (exact) mass is 483 g/mol. The van der Waals surface area contributed by atoms with Crippen LogP contribution < -0.4 is 11.5 Å². The lowest BCUT2D eigenvalue weighted by Gasteiger charge is -2.32. The molecule has 1 aromatic carbocycles. The van der Waals surface area contributed by atoms with Gasteiger partial charge in [-0.3, -0.25) is 19.9 Å². The number of allylic oxidation sites excluding steroid dienone is 2. The van der Waals surface area contributed by atoms with Gasteiger partial charge >= 0.3 is 0 Å². The Balaban J connectivity index is 1.79. The first-order valence-electron chi connectivity index (χ1n) is 13.0. The molecule has 36 heavy (non-hydrogen) atoms. The van der Waals surface area contributed by atoms with Crippen molar-refractivity contribution >= 4 is 34.0 Å². The van der Waals surface area contributed by atoms with E-state index in [0.717, 1.165) is 60.1 Å². The zero-order valence-electron chi connectivity index (χ0n) is 21.5. The van der Waals surface area contributed by atoms with Crippen molar-refractivity contribution in [1.29, 1.82) is 5.26 Å². The number of aromatic nitrogens is 1. The number of nitriles is 1. The highest BCUT2D eigenvalue weighted by molar-refractivity contribution is 6.12. The van der Waals surface area contributed by atoms with E-state index in [-0.39, 0.29) is 5.70 Å². The number of hydrogen-bond acceptors (Lipinski definition) is 7. The van der Waals surface area contributed by atoms with Gasteiger partial charge in [-0.1, -0.05) is 44.4 Å². The highest BCUT2D eigenvalue weighted by Gasteiger charge is 2.25. The lowest BCUT2D eigenvalue weighted by molar-refractivity contribution is 0.298. The van der Waals surface area contributed by atoms with Crippen LogP contribution in [0.15, 0.2) is 51.7 Å². The van der Waals surface area contributed by atoms with Crippen LogP contribution >= 0.6 is 0 Å². The maximum Gasteiger partial charge on any atom is 0.122 e. The summed E-state index contributed by atoms with van der Waals surface area (Å²) in [7, 11) is 1.65. The standard InChI is InChI=1S/C29H37N7/c1-3-13-36-14-12-27(35-21-9-5-4-6-10-21)25(19-36)29(32)22-11-7-8-20-15-28(34-18-23(20)22)24(17-33-2)26(31)16-30/h7-8,11,15,17-18,21H,3-6,9-10,12-14,19,31-32H2,1-2H3. The van der Waals surface area contributed by atoms with Crippen molar-refractivity contribution in [3.8, 4) is 6.07 Å². The Bertz CT molecular complexity index is 1260. The molecule has 1 aliphatic heterocycles. The van der Waals surface area contributed by atoms with Gasteiger partial charge in [-0.2, -0.15) is 5.26 Å². The first kappa shape index (κ1) is 25.6. The third-order valence-electron chi connectivity index (χ3n) is 7.17. The quantitative estimate of drug-likeness (QED) is 0.457. The van der Waals surface area contributed by atoms with Gasteiger partial charge in [-0.25, -0.2) is 0 Å². The van der Waals surface area contributed by atoms with Crippen LogP contribution in [0.1, 0.15) is 63.1 Å². The molecule has 1 saturated carbocycles. The third-order valence-corrected chi connectivity index (χ3v) is 7.17. The van der Waals surface area contributed by atoms with Crippen molar-refractivity contribution in [2.24, 2.45) is 21.5 Å². The largest absolute Gasteiger partial charge is 0.398 e. The van der Waals surface area contributed by atoms with Crippen molar-refractivity contribution in [1.82, 2.24) is 9.88 Å². The first-order chi connectivity index (χ1) is 17.5. The van der Waals surface area contributed by atoms with Crippen LogP contribution in [-0.4, -0.2) is 54.5 Å². The molecule has 0 spiro atoms. The van der Waals surface area contributed by atoms with Gasteiger partial charge < -0.3 is 11.5 Å².